The lowest BCUT2D eigenvalue weighted by Crippen LogP contribution is -2.27. The molecular weight excluding hydrogens is 260 g/mol. The molecule has 1 rings (SSSR count). The molecule has 19 heavy (non-hydrogen) atoms. The third-order valence-electron chi connectivity index (χ3n) is 3.46. The average molecular weight is 282 g/mol. The third-order valence-corrected chi connectivity index (χ3v) is 4.20. The second kappa shape index (κ2) is 7.40. The van der Waals surface area contributed by atoms with Crippen molar-refractivity contribution in [1.29, 1.82) is 0 Å². The van der Waals surface area contributed by atoms with Crippen LogP contribution in [0.4, 0.5) is 5.69 Å². The fourth-order valence-electron chi connectivity index (χ4n) is 2.04. The van der Waals surface area contributed by atoms with Crippen molar-refractivity contribution in [1.82, 2.24) is 0 Å². The Kier molecular flexibility index (Phi) is 6.18. The third kappa shape index (κ3) is 4.44. The number of anilines is 1. The van der Waals surface area contributed by atoms with Gasteiger partial charge in [-0.05, 0) is 36.6 Å². The SMILES string of the molecule is CCC(C)C(CC)C(=O)Nc1ccc(S(N)=O)cc1. The zero-order chi connectivity index (χ0) is 14.4. The summed E-state index contributed by atoms with van der Waals surface area (Å²) in [6.07, 6.45) is 1.81. The zero-order valence-electron chi connectivity index (χ0n) is 11.7. The number of hydrogen-bond acceptors (Lipinski definition) is 2. The predicted octanol–water partition coefficient (Wildman–Crippen LogP) is 2.68. The molecule has 5 heteroatoms. The van der Waals surface area contributed by atoms with E-state index in [0.29, 0.717) is 16.5 Å². The van der Waals surface area contributed by atoms with E-state index in [2.05, 4.69) is 19.2 Å². The molecule has 0 radical (unpaired) electrons. The molecule has 0 saturated carbocycles. The molecule has 3 unspecified atom stereocenters. The first-order chi connectivity index (χ1) is 8.99. The van der Waals surface area contributed by atoms with Crippen molar-refractivity contribution >= 4 is 22.6 Å². The number of nitrogens with two attached hydrogens (primary N) is 1. The Balaban J connectivity index is 2.73. The van der Waals surface area contributed by atoms with Crippen LogP contribution in [0.3, 0.4) is 0 Å². The molecular formula is C14H22N2O2S. The van der Waals surface area contributed by atoms with Gasteiger partial charge < -0.3 is 5.32 Å². The second-order valence-electron chi connectivity index (χ2n) is 4.71. The molecule has 0 aromatic heterocycles. The Morgan fingerprint density at radius 1 is 1.26 bits per heavy atom. The quantitative estimate of drug-likeness (QED) is 0.842. The van der Waals surface area contributed by atoms with Gasteiger partial charge in [-0.3, -0.25) is 4.79 Å². The molecule has 0 aliphatic carbocycles. The van der Waals surface area contributed by atoms with Crippen molar-refractivity contribution in [2.24, 2.45) is 17.0 Å². The molecule has 106 valence electrons. The van der Waals surface area contributed by atoms with Gasteiger partial charge in [0.2, 0.25) is 5.91 Å². The molecule has 0 fully saturated rings. The van der Waals surface area contributed by atoms with Crippen LogP contribution in [0.5, 0.6) is 0 Å². The van der Waals surface area contributed by atoms with Crippen LogP contribution in [0.15, 0.2) is 29.2 Å². The van der Waals surface area contributed by atoms with E-state index in [4.69, 9.17) is 5.14 Å². The molecule has 0 aliphatic heterocycles. The van der Waals surface area contributed by atoms with Gasteiger partial charge in [0.15, 0.2) is 0 Å². The molecule has 0 bridgehead atoms. The summed E-state index contributed by atoms with van der Waals surface area (Å²) in [4.78, 5) is 12.7. The maximum Gasteiger partial charge on any atom is 0.227 e. The van der Waals surface area contributed by atoms with Crippen LogP contribution in [-0.2, 0) is 15.8 Å². The molecule has 0 spiro atoms. The lowest BCUT2D eigenvalue weighted by molar-refractivity contribution is -0.121. The van der Waals surface area contributed by atoms with E-state index in [1.54, 1.807) is 24.3 Å². The van der Waals surface area contributed by atoms with E-state index >= 15 is 0 Å². The maximum atomic E-state index is 12.2. The maximum absolute atomic E-state index is 12.2. The number of nitrogens with one attached hydrogen (secondary N) is 1. The highest BCUT2D eigenvalue weighted by molar-refractivity contribution is 7.82. The fraction of sp³-hybridized carbons (Fsp3) is 0.500. The van der Waals surface area contributed by atoms with Crippen molar-refractivity contribution < 1.29 is 9.00 Å². The Hall–Kier alpha value is -1.20. The minimum Gasteiger partial charge on any atom is -0.326 e. The van der Waals surface area contributed by atoms with E-state index in [1.165, 1.54) is 0 Å². The van der Waals surface area contributed by atoms with Gasteiger partial charge in [0.05, 0.1) is 4.90 Å². The summed E-state index contributed by atoms with van der Waals surface area (Å²) >= 11 is 0. The highest BCUT2D eigenvalue weighted by Gasteiger charge is 2.21. The van der Waals surface area contributed by atoms with E-state index in [0.717, 1.165) is 12.8 Å². The van der Waals surface area contributed by atoms with Gasteiger partial charge >= 0.3 is 0 Å². The molecule has 1 amide bonds. The first kappa shape index (κ1) is 15.9. The molecule has 3 atom stereocenters. The van der Waals surface area contributed by atoms with Crippen LogP contribution in [0.1, 0.15) is 33.6 Å². The smallest absolute Gasteiger partial charge is 0.227 e. The summed E-state index contributed by atoms with van der Waals surface area (Å²) in [6, 6.07) is 6.77. The second-order valence-corrected chi connectivity index (χ2v) is 5.78. The number of carbonyl (C=O) groups excluding carboxylic acids is 1. The average Bonchev–Trinajstić information content (AvgIpc) is 2.39. The van der Waals surface area contributed by atoms with Crippen molar-refractivity contribution in [2.45, 2.75) is 38.5 Å². The van der Waals surface area contributed by atoms with Gasteiger partial charge in [-0.1, -0.05) is 27.2 Å². The lowest BCUT2D eigenvalue weighted by atomic mass is 9.89. The van der Waals surface area contributed by atoms with Gasteiger partial charge in [-0.15, -0.1) is 0 Å². The normalized spacial score (nSPS) is 15.6. The molecule has 0 saturated heterocycles. The topological polar surface area (TPSA) is 72.2 Å². The van der Waals surface area contributed by atoms with Crippen LogP contribution in [0, 0.1) is 11.8 Å². The number of hydrogen-bond donors (Lipinski definition) is 2. The number of rotatable bonds is 6. The van der Waals surface area contributed by atoms with Crippen molar-refractivity contribution in [3.05, 3.63) is 24.3 Å². The van der Waals surface area contributed by atoms with Crippen molar-refractivity contribution in [3.63, 3.8) is 0 Å². The summed E-state index contributed by atoms with van der Waals surface area (Å²) in [5.41, 5.74) is 0.709. The van der Waals surface area contributed by atoms with E-state index in [1.807, 2.05) is 6.92 Å². The van der Waals surface area contributed by atoms with Crippen LogP contribution in [0.2, 0.25) is 0 Å². The Labute approximate surface area is 117 Å². The lowest BCUT2D eigenvalue weighted by Gasteiger charge is -2.20. The van der Waals surface area contributed by atoms with Crippen LogP contribution in [0.25, 0.3) is 0 Å². The fourth-order valence-corrected chi connectivity index (χ4v) is 2.44. The molecule has 1 aromatic carbocycles. The standard InChI is InChI=1S/C14H22N2O2S/c1-4-10(3)13(5-2)14(17)16-11-6-8-12(9-7-11)19(15)18/h6-10,13H,4-5,15H2,1-3H3,(H,16,17). The summed E-state index contributed by atoms with van der Waals surface area (Å²) in [7, 11) is -1.48. The van der Waals surface area contributed by atoms with E-state index in [9.17, 15) is 9.00 Å². The Morgan fingerprint density at radius 3 is 2.26 bits per heavy atom. The molecule has 1 aromatic rings. The Morgan fingerprint density at radius 2 is 1.84 bits per heavy atom. The summed E-state index contributed by atoms with van der Waals surface area (Å²) < 4.78 is 11.1. The van der Waals surface area contributed by atoms with Gasteiger partial charge in [0.25, 0.3) is 0 Å². The highest BCUT2D eigenvalue weighted by Crippen LogP contribution is 2.21. The van der Waals surface area contributed by atoms with Gasteiger partial charge in [0, 0.05) is 11.6 Å². The number of benzene rings is 1. The van der Waals surface area contributed by atoms with Gasteiger partial charge in [-0.2, -0.15) is 0 Å². The van der Waals surface area contributed by atoms with Gasteiger partial charge in [0.1, 0.15) is 11.0 Å². The minimum atomic E-state index is -1.48. The van der Waals surface area contributed by atoms with E-state index in [-0.39, 0.29) is 11.8 Å². The molecule has 0 heterocycles. The molecule has 0 aliphatic rings. The summed E-state index contributed by atoms with van der Waals surface area (Å²) in [5.74, 6) is 0.424. The van der Waals surface area contributed by atoms with Crippen molar-refractivity contribution in [2.75, 3.05) is 5.32 Å². The Bertz CT molecular complexity index is 445. The molecule has 4 nitrogen and oxygen atoms in total. The molecule has 3 N–H and O–H groups in total. The predicted molar refractivity (Wildman–Crippen MR) is 78.9 cm³/mol. The largest absolute Gasteiger partial charge is 0.326 e. The number of carbonyl (C=O) groups is 1. The highest BCUT2D eigenvalue weighted by atomic mass is 32.2. The van der Waals surface area contributed by atoms with Crippen molar-refractivity contribution in [3.8, 4) is 0 Å². The summed E-state index contributed by atoms with van der Waals surface area (Å²) in [6.45, 7) is 6.21. The van der Waals surface area contributed by atoms with Gasteiger partial charge in [-0.25, -0.2) is 9.35 Å². The monoisotopic (exact) mass is 282 g/mol. The first-order valence-electron chi connectivity index (χ1n) is 6.56. The number of amides is 1. The zero-order valence-corrected chi connectivity index (χ0v) is 12.5. The summed E-state index contributed by atoms with van der Waals surface area (Å²) in [5, 5.41) is 8.17. The van der Waals surface area contributed by atoms with E-state index < -0.39 is 11.0 Å². The van der Waals surface area contributed by atoms with Crippen LogP contribution in [-0.4, -0.2) is 10.1 Å². The first-order valence-corrected chi connectivity index (χ1v) is 7.78. The minimum absolute atomic E-state index is 0.0216. The van der Waals surface area contributed by atoms with Crippen LogP contribution >= 0.6 is 0 Å². The van der Waals surface area contributed by atoms with Crippen LogP contribution < -0.4 is 10.5 Å².